The molecule has 2 amide bonds. The minimum atomic E-state index is -0.371. The number of carbonyl (C=O) groups is 2. The fraction of sp³-hybridized carbons (Fsp3) is 0.250. The Hall–Kier alpha value is -3.24. The van der Waals surface area contributed by atoms with Gasteiger partial charge in [0.15, 0.2) is 18.1 Å². The summed E-state index contributed by atoms with van der Waals surface area (Å²) in [6.07, 6.45) is 0.743. The molecule has 144 valence electrons. The highest BCUT2D eigenvalue weighted by Gasteiger charge is 2.22. The van der Waals surface area contributed by atoms with Gasteiger partial charge >= 0.3 is 0 Å². The van der Waals surface area contributed by atoms with Crippen LogP contribution in [0, 0.1) is 11.3 Å². The van der Waals surface area contributed by atoms with E-state index in [1.165, 1.54) is 26.2 Å². The van der Waals surface area contributed by atoms with Crippen LogP contribution in [0.15, 0.2) is 30.3 Å². The van der Waals surface area contributed by atoms with Crippen molar-refractivity contribution in [3.8, 4) is 17.6 Å². The highest BCUT2D eigenvalue weighted by Crippen LogP contribution is 2.36. The monoisotopic (exact) mass is 399 g/mol. The first-order valence-electron chi connectivity index (χ1n) is 8.54. The summed E-state index contributed by atoms with van der Waals surface area (Å²) in [4.78, 5) is 25.6. The quantitative estimate of drug-likeness (QED) is 0.833. The van der Waals surface area contributed by atoms with Gasteiger partial charge in [-0.2, -0.15) is 5.26 Å². The fourth-order valence-corrected chi connectivity index (χ4v) is 3.33. The number of nitrogens with zero attached hydrogens (tertiary/aromatic N) is 2. The second kappa shape index (κ2) is 8.19. The zero-order valence-electron chi connectivity index (χ0n) is 15.4. The predicted molar refractivity (Wildman–Crippen MR) is 105 cm³/mol. The number of hydrogen-bond donors (Lipinski definition) is 1. The van der Waals surface area contributed by atoms with Crippen molar-refractivity contribution in [1.29, 1.82) is 5.26 Å². The van der Waals surface area contributed by atoms with Crippen molar-refractivity contribution in [1.82, 2.24) is 0 Å². The predicted octanol–water partition coefficient (Wildman–Crippen LogP) is 3.15. The van der Waals surface area contributed by atoms with Gasteiger partial charge in [-0.15, -0.1) is 0 Å². The molecular weight excluding hydrogens is 382 g/mol. The number of fused-ring (bicyclic) bond motifs is 1. The minimum Gasteiger partial charge on any atom is -0.493 e. The molecule has 0 aromatic heterocycles. The summed E-state index contributed by atoms with van der Waals surface area (Å²) in [7, 11) is 1.43. The second-order valence-corrected chi connectivity index (χ2v) is 6.61. The number of halogens is 1. The normalized spacial score (nSPS) is 12.1. The summed E-state index contributed by atoms with van der Waals surface area (Å²) in [6.45, 7) is 1.89. The minimum absolute atomic E-state index is 0.00261. The van der Waals surface area contributed by atoms with Crippen LogP contribution in [-0.2, 0) is 16.0 Å². The molecule has 0 aliphatic carbocycles. The first-order valence-corrected chi connectivity index (χ1v) is 8.92. The number of benzene rings is 2. The van der Waals surface area contributed by atoms with Gasteiger partial charge in [0.1, 0.15) is 0 Å². The Balaban J connectivity index is 1.66. The van der Waals surface area contributed by atoms with Gasteiger partial charge in [-0.25, -0.2) is 0 Å². The molecule has 0 bridgehead atoms. The molecule has 0 saturated heterocycles. The van der Waals surface area contributed by atoms with E-state index in [0.29, 0.717) is 17.8 Å². The summed E-state index contributed by atoms with van der Waals surface area (Å²) in [5.41, 5.74) is 2.83. The van der Waals surface area contributed by atoms with Gasteiger partial charge in [0.2, 0.25) is 5.91 Å². The van der Waals surface area contributed by atoms with Crippen LogP contribution in [0.2, 0.25) is 5.02 Å². The van der Waals surface area contributed by atoms with E-state index in [4.69, 9.17) is 26.3 Å². The number of anilines is 2. The van der Waals surface area contributed by atoms with E-state index < -0.39 is 0 Å². The summed E-state index contributed by atoms with van der Waals surface area (Å²) in [5, 5.41) is 11.9. The smallest absolute Gasteiger partial charge is 0.262 e. The SMILES string of the molecule is COc1cc(C#N)cc(Cl)c1OCC(=O)Nc1ccc2c(c1)CCN2C(C)=O. The number of methoxy groups -OCH3 is 1. The number of amides is 2. The standard InChI is InChI=1S/C20H18ClN3O4/c1-12(25)24-6-5-14-9-15(3-4-17(14)24)23-19(26)11-28-20-16(21)7-13(10-22)8-18(20)27-2/h3-4,7-9H,5-6,11H2,1-2H3,(H,23,26). The molecule has 0 saturated carbocycles. The van der Waals surface area contributed by atoms with Crippen molar-refractivity contribution in [3.05, 3.63) is 46.5 Å². The molecule has 0 radical (unpaired) electrons. The first-order chi connectivity index (χ1) is 13.4. The van der Waals surface area contributed by atoms with Crippen molar-refractivity contribution in [2.24, 2.45) is 0 Å². The van der Waals surface area contributed by atoms with Crippen LogP contribution >= 0.6 is 11.6 Å². The average molecular weight is 400 g/mol. The molecule has 8 heteroatoms. The number of nitriles is 1. The van der Waals surface area contributed by atoms with E-state index in [0.717, 1.165) is 17.7 Å². The first kappa shape index (κ1) is 19.5. The van der Waals surface area contributed by atoms with E-state index in [1.54, 1.807) is 11.0 Å². The zero-order valence-corrected chi connectivity index (χ0v) is 16.2. The molecule has 28 heavy (non-hydrogen) atoms. The zero-order chi connectivity index (χ0) is 20.3. The van der Waals surface area contributed by atoms with E-state index in [9.17, 15) is 9.59 Å². The molecule has 0 fully saturated rings. The van der Waals surface area contributed by atoms with Crippen molar-refractivity contribution in [2.75, 3.05) is 30.5 Å². The van der Waals surface area contributed by atoms with E-state index >= 15 is 0 Å². The number of carbonyl (C=O) groups excluding carboxylic acids is 2. The third kappa shape index (κ3) is 4.02. The topological polar surface area (TPSA) is 91.7 Å². The van der Waals surface area contributed by atoms with Gasteiger partial charge in [-0.05, 0) is 36.2 Å². The molecule has 1 aliphatic rings. The van der Waals surface area contributed by atoms with Crippen LogP contribution in [0.1, 0.15) is 18.1 Å². The molecule has 1 N–H and O–H groups in total. The van der Waals surface area contributed by atoms with Crippen molar-refractivity contribution in [3.63, 3.8) is 0 Å². The number of ether oxygens (including phenoxy) is 2. The van der Waals surface area contributed by atoms with Gasteiger partial charge in [0.25, 0.3) is 5.91 Å². The average Bonchev–Trinajstić information content (AvgIpc) is 3.09. The summed E-state index contributed by atoms with van der Waals surface area (Å²) < 4.78 is 10.7. The molecule has 1 heterocycles. The van der Waals surface area contributed by atoms with Crippen LogP contribution in [0.4, 0.5) is 11.4 Å². The lowest BCUT2D eigenvalue weighted by Crippen LogP contribution is -2.25. The third-order valence-electron chi connectivity index (χ3n) is 4.35. The lowest BCUT2D eigenvalue weighted by molar-refractivity contribution is -0.118. The number of nitrogens with one attached hydrogen (secondary N) is 1. The van der Waals surface area contributed by atoms with Crippen LogP contribution in [0.25, 0.3) is 0 Å². The lowest BCUT2D eigenvalue weighted by atomic mass is 10.1. The molecule has 7 nitrogen and oxygen atoms in total. The summed E-state index contributed by atoms with van der Waals surface area (Å²) in [5.74, 6) is 0.101. The van der Waals surface area contributed by atoms with Gasteiger partial charge in [0.05, 0.1) is 23.8 Å². The largest absolute Gasteiger partial charge is 0.493 e. The Kier molecular flexibility index (Phi) is 5.71. The van der Waals surface area contributed by atoms with E-state index in [1.807, 2.05) is 18.2 Å². The van der Waals surface area contributed by atoms with Crippen LogP contribution < -0.4 is 19.7 Å². The molecule has 2 aromatic rings. The van der Waals surface area contributed by atoms with Crippen LogP contribution in [0.3, 0.4) is 0 Å². The van der Waals surface area contributed by atoms with Crippen LogP contribution in [0.5, 0.6) is 11.5 Å². The Morgan fingerprint density at radius 2 is 2.11 bits per heavy atom. The third-order valence-corrected chi connectivity index (χ3v) is 4.63. The lowest BCUT2D eigenvalue weighted by Gasteiger charge is -2.15. The molecule has 1 aliphatic heterocycles. The Labute approximate surface area is 167 Å². The van der Waals surface area contributed by atoms with Crippen molar-refractivity contribution >= 4 is 34.8 Å². The van der Waals surface area contributed by atoms with Crippen LogP contribution in [-0.4, -0.2) is 32.1 Å². The molecule has 3 rings (SSSR count). The Morgan fingerprint density at radius 1 is 1.32 bits per heavy atom. The second-order valence-electron chi connectivity index (χ2n) is 6.20. The van der Waals surface area contributed by atoms with Gasteiger partial charge in [-0.3, -0.25) is 9.59 Å². The van der Waals surface area contributed by atoms with Gasteiger partial charge in [-0.1, -0.05) is 11.6 Å². The maximum Gasteiger partial charge on any atom is 0.262 e. The Morgan fingerprint density at radius 3 is 2.79 bits per heavy atom. The maximum absolute atomic E-state index is 12.3. The Bertz CT molecular complexity index is 984. The van der Waals surface area contributed by atoms with E-state index in [-0.39, 0.29) is 34.9 Å². The van der Waals surface area contributed by atoms with Crippen molar-refractivity contribution in [2.45, 2.75) is 13.3 Å². The van der Waals surface area contributed by atoms with Gasteiger partial charge < -0.3 is 19.7 Å². The number of hydrogen-bond acceptors (Lipinski definition) is 5. The highest BCUT2D eigenvalue weighted by atomic mass is 35.5. The number of rotatable bonds is 5. The molecule has 0 spiro atoms. The summed E-state index contributed by atoms with van der Waals surface area (Å²) >= 11 is 6.12. The molecule has 2 aromatic carbocycles. The molecule has 0 atom stereocenters. The van der Waals surface area contributed by atoms with E-state index in [2.05, 4.69) is 5.32 Å². The summed E-state index contributed by atoms with van der Waals surface area (Å²) in [6, 6.07) is 10.3. The fourth-order valence-electron chi connectivity index (χ4n) is 3.07. The molecule has 0 unspecified atom stereocenters. The maximum atomic E-state index is 12.3. The highest BCUT2D eigenvalue weighted by molar-refractivity contribution is 6.32. The van der Waals surface area contributed by atoms with Gasteiger partial charge in [0, 0.05) is 30.9 Å². The van der Waals surface area contributed by atoms with Crippen molar-refractivity contribution < 1.29 is 19.1 Å². The molecular formula is C20H18ClN3O4.